The summed E-state index contributed by atoms with van der Waals surface area (Å²) in [6.07, 6.45) is 4.11. The second kappa shape index (κ2) is 3.31. The molecule has 3 heterocycles. The minimum atomic E-state index is 0.848. The first kappa shape index (κ1) is 9.20. The predicted octanol–water partition coefficient (Wildman–Crippen LogP) is 3.42. The van der Waals surface area contributed by atoms with E-state index < -0.39 is 0 Å². The Kier molecular flexibility index (Phi) is 1.91. The largest absolute Gasteiger partial charge is 0.296 e. The number of rotatable bonds is 0. The third-order valence-electron chi connectivity index (χ3n) is 4.06. The van der Waals surface area contributed by atoms with Gasteiger partial charge in [-0.15, -0.1) is 11.3 Å². The van der Waals surface area contributed by atoms with Crippen LogP contribution >= 0.6 is 11.3 Å². The number of nitrogens with zero attached hydrogens (tertiary/aromatic N) is 1. The van der Waals surface area contributed by atoms with Crippen molar-refractivity contribution in [1.82, 2.24) is 4.90 Å². The van der Waals surface area contributed by atoms with E-state index in [0.29, 0.717) is 0 Å². The summed E-state index contributed by atoms with van der Waals surface area (Å²) in [5, 5.41) is 1.51. The third kappa shape index (κ3) is 1.20. The van der Waals surface area contributed by atoms with E-state index in [9.17, 15) is 0 Å². The maximum atomic E-state index is 2.68. The summed E-state index contributed by atoms with van der Waals surface area (Å²) in [5.74, 6) is 0. The molecule has 0 aliphatic carbocycles. The highest BCUT2D eigenvalue weighted by Gasteiger charge is 2.31. The molecule has 0 spiro atoms. The van der Waals surface area contributed by atoms with Gasteiger partial charge in [0.15, 0.2) is 0 Å². The van der Waals surface area contributed by atoms with Gasteiger partial charge in [-0.3, -0.25) is 4.90 Å². The molecule has 2 aliphatic rings. The Bertz CT molecular complexity index is 543. The Morgan fingerprint density at radius 2 is 2.19 bits per heavy atom. The number of fused-ring (bicyclic) bond motifs is 4. The summed E-state index contributed by atoms with van der Waals surface area (Å²) in [4.78, 5) is 4.34. The number of thiophene rings is 1. The fourth-order valence-electron chi connectivity index (χ4n) is 3.24. The van der Waals surface area contributed by atoms with Gasteiger partial charge in [-0.1, -0.05) is 18.2 Å². The molecule has 0 bridgehead atoms. The lowest BCUT2D eigenvalue weighted by Crippen LogP contribution is -2.34. The molecule has 2 heteroatoms. The molecule has 1 atom stereocenters. The standard InChI is InChI=1S/C14H15NS/c1-2-6-13-11(5-1)12-9-15-7-3-4-10(15)8-14(12)16-13/h1-2,5-6,10H,3-4,7-9H2/t10-/m0/s1. The first-order chi connectivity index (χ1) is 7.92. The Balaban J connectivity index is 1.89. The van der Waals surface area contributed by atoms with Crippen molar-refractivity contribution in [3.05, 3.63) is 34.7 Å². The Morgan fingerprint density at radius 3 is 3.19 bits per heavy atom. The minimum absolute atomic E-state index is 0.848. The lowest BCUT2D eigenvalue weighted by molar-refractivity contribution is 0.231. The number of hydrogen-bond donors (Lipinski definition) is 0. The number of benzene rings is 1. The maximum Gasteiger partial charge on any atom is 0.0349 e. The molecule has 16 heavy (non-hydrogen) atoms. The van der Waals surface area contributed by atoms with Crippen LogP contribution in [0.1, 0.15) is 23.3 Å². The molecular weight excluding hydrogens is 214 g/mol. The smallest absolute Gasteiger partial charge is 0.0349 e. The van der Waals surface area contributed by atoms with Crippen LogP contribution in [0.25, 0.3) is 10.1 Å². The van der Waals surface area contributed by atoms with Crippen LogP contribution < -0.4 is 0 Å². The predicted molar refractivity (Wildman–Crippen MR) is 69.0 cm³/mol. The summed E-state index contributed by atoms with van der Waals surface area (Å²) in [6.45, 7) is 2.51. The molecule has 0 saturated carbocycles. The van der Waals surface area contributed by atoms with E-state index in [-0.39, 0.29) is 0 Å². The van der Waals surface area contributed by atoms with Crippen LogP contribution in [0.2, 0.25) is 0 Å². The average Bonchev–Trinajstić information content (AvgIpc) is 2.88. The molecule has 0 radical (unpaired) electrons. The monoisotopic (exact) mass is 229 g/mol. The van der Waals surface area contributed by atoms with Crippen LogP contribution in [0.15, 0.2) is 24.3 Å². The molecule has 0 N–H and O–H groups in total. The highest BCUT2D eigenvalue weighted by Crippen LogP contribution is 2.39. The van der Waals surface area contributed by atoms with Gasteiger partial charge in [-0.2, -0.15) is 0 Å². The van der Waals surface area contributed by atoms with Gasteiger partial charge in [0.2, 0.25) is 0 Å². The van der Waals surface area contributed by atoms with Gasteiger partial charge in [-0.05, 0) is 42.8 Å². The Labute approximate surface area is 99.7 Å². The quantitative estimate of drug-likeness (QED) is 0.669. The van der Waals surface area contributed by atoms with Gasteiger partial charge in [0.25, 0.3) is 0 Å². The van der Waals surface area contributed by atoms with Crippen molar-refractivity contribution in [2.24, 2.45) is 0 Å². The van der Waals surface area contributed by atoms with Crippen molar-refractivity contribution in [3.63, 3.8) is 0 Å². The average molecular weight is 229 g/mol. The number of hydrogen-bond acceptors (Lipinski definition) is 2. The second-order valence-corrected chi connectivity index (χ2v) is 6.11. The molecule has 1 saturated heterocycles. The summed E-state index contributed by atoms with van der Waals surface area (Å²) in [5.41, 5.74) is 1.62. The van der Waals surface area contributed by atoms with Crippen LogP contribution in [-0.2, 0) is 13.0 Å². The highest BCUT2D eigenvalue weighted by atomic mass is 32.1. The van der Waals surface area contributed by atoms with Crippen molar-refractivity contribution >= 4 is 21.4 Å². The van der Waals surface area contributed by atoms with Gasteiger partial charge >= 0.3 is 0 Å². The molecule has 0 amide bonds. The van der Waals surface area contributed by atoms with Crippen molar-refractivity contribution in [3.8, 4) is 0 Å². The first-order valence-electron chi connectivity index (χ1n) is 6.15. The summed E-state index contributed by atoms with van der Waals surface area (Å²) < 4.78 is 1.48. The minimum Gasteiger partial charge on any atom is -0.296 e. The molecular formula is C14H15NS. The third-order valence-corrected chi connectivity index (χ3v) is 5.30. The lowest BCUT2D eigenvalue weighted by Gasteiger charge is -2.29. The maximum absolute atomic E-state index is 2.68. The van der Waals surface area contributed by atoms with Gasteiger partial charge in [0, 0.05) is 22.2 Å². The SMILES string of the molecule is c1ccc2c3c(sc2c1)C[C@@H]1CCCN1C3. The van der Waals surface area contributed by atoms with E-state index in [1.54, 1.807) is 10.4 Å². The Morgan fingerprint density at radius 1 is 1.25 bits per heavy atom. The molecule has 1 aromatic carbocycles. The van der Waals surface area contributed by atoms with Gasteiger partial charge in [0.1, 0.15) is 0 Å². The first-order valence-corrected chi connectivity index (χ1v) is 6.97. The Hall–Kier alpha value is -0.860. The molecule has 2 aromatic rings. The summed E-state index contributed by atoms with van der Waals surface area (Å²) >= 11 is 2.02. The van der Waals surface area contributed by atoms with Crippen LogP contribution in [0.3, 0.4) is 0 Å². The van der Waals surface area contributed by atoms with E-state index in [1.807, 2.05) is 11.3 Å². The highest BCUT2D eigenvalue weighted by molar-refractivity contribution is 7.19. The topological polar surface area (TPSA) is 3.24 Å². The van der Waals surface area contributed by atoms with Crippen molar-refractivity contribution in [2.75, 3.05) is 6.54 Å². The molecule has 1 aromatic heterocycles. The fourth-order valence-corrected chi connectivity index (χ4v) is 4.53. The van der Waals surface area contributed by atoms with E-state index in [4.69, 9.17) is 0 Å². The summed E-state index contributed by atoms with van der Waals surface area (Å²) in [7, 11) is 0. The van der Waals surface area contributed by atoms with Gasteiger partial charge in [0.05, 0.1) is 0 Å². The molecule has 1 fully saturated rings. The van der Waals surface area contributed by atoms with Crippen LogP contribution in [0.4, 0.5) is 0 Å². The van der Waals surface area contributed by atoms with Crippen molar-refractivity contribution < 1.29 is 0 Å². The van der Waals surface area contributed by atoms with Crippen molar-refractivity contribution in [2.45, 2.75) is 31.8 Å². The molecule has 1 nitrogen and oxygen atoms in total. The van der Waals surface area contributed by atoms with Crippen molar-refractivity contribution in [1.29, 1.82) is 0 Å². The van der Waals surface area contributed by atoms with E-state index in [0.717, 1.165) is 6.04 Å². The zero-order valence-corrected chi connectivity index (χ0v) is 10.1. The zero-order chi connectivity index (χ0) is 10.5. The van der Waals surface area contributed by atoms with Crippen LogP contribution in [-0.4, -0.2) is 17.5 Å². The normalized spacial score (nSPS) is 24.6. The second-order valence-electron chi connectivity index (χ2n) is 4.97. The fraction of sp³-hybridized carbons (Fsp3) is 0.429. The zero-order valence-electron chi connectivity index (χ0n) is 9.28. The molecule has 82 valence electrons. The van der Waals surface area contributed by atoms with Gasteiger partial charge in [-0.25, -0.2) is 0 Å². The van der Waals surface area contributed by atoms with Crippen LogP contribution in [0, 0.1) is 0 Å². The summed E-state index contributed by atoms with van der Waals surface area (Å²) in [6, 6.07) is 9.74. The molecule has 0 unspecified atom stereocenters. The lowest BCUT2D eigenvalue weighted by atomic mass is 10.00. The van der Waals surface area contributed by atoms with Gasteiger partial charge < -0.3 is 0 Å². The van der Waals surface area contributed by atoms with Crippen LogP contribution in [0.5, 0.6) is 0 Å². The molecule has 2 aliphatic heterocycles. The van der Waals surface area contributed by atoms with E-state index >= 15 is 0 Å². The molecule has 4 rings (SSSR count). The van der Waals surface area contributed by atoms with E-state index in [1.165, 1.54) is 42.4 Å². The van der Waals surface area contributed by atoms with E-state index in [2.05, 4.69) is 29.2 Å².